The summed E-state index contributed by atoms with van der Waals surface area (Å²) in [5, 5.41) is 13.3. The molecule has 2 saturated heterocycles. The van der Waals surface area contributed by atoms with Crippen LogP contribution in [-0.2, 0) is 9.53 Å². The number of β-amino-alcohol motifs (C(OH)–C–C–N with tert-alkyl or cyclic N) is 1. The van der Waals surface area contributed by atoms with Gasteiger partial charge in [0.25, 0.3) is 0 Å². The highest BCUT2D eigenvalue weighted by Crippen LogP contribution is 2.24. The van der Waals surface area contributed by atoms with Crippen LogP contribution in [0.1, 0.15) is 18.1 Å². The summed E-state index contributed by atoms with van der Waals surface area (Å²) in [6, 6.07) is 7.24. The van der Waals surface area contributed by atoms with Gasteiger partial charge in [0.1, 0.15) is 6.10 Å². The summed E-state index contributed by atoms with van der Waals surface area (Å²) >= 11 is 5.89. The van der Waals surface area contributed by atoms with E-state index in [0.29, 0.717) is 37.7 Å². The number of hydrogen-bond acceptors (Lipinski definition) is 4. The molecule has 3 atom stereocenters. The van der Waals surface area contributed by atoms with Gasteiger partial charge in [-0.2, -0.15) is 0 Å². The summed E-state index contributed by atoms with van der Waals surface area (Å²) in [4.78, 5) is 14.3. The van der Waals surface area contributed by atoms with Crippen molar-refractivity contribution >= 4 is 17.5 Å². The molecule has 0 radical (unpaired) electrons. The number of aliphatic hydroxyl groups is 1. The van der Waals surface area contributed by atoms with E-state index in [1.807, 2.05) is 29.2 Å². The van der Waals surface area contributed by atoms with Crippen LogP contribution in [0, 0.1) is 0 Å². The SMILES string of the molecule is O=C([C@@H]1C[C@@H](O)CN1)N1CCO[C@@H](c2ccc(Cl)cc2)C1. The second-order valence-corrected chi connectivity index (χ2v) is 5.98. The number of nitrogens with zero attached hydrogens (tertiary/aromatic N) is 1. The Balaban J connectivity index is 1.65. The predicted molar refractivity (Wildman–Crippen MR) is 79.1 cm³/mol. The second kappa shape index (κ2) is 6.32. The highest BCUT2D eigenvalue weighted by atomic mass is 35.5. The smallest absolute Gasteiger partial charge is 0.239 e. The fourth-order valence-corrected chi connectivity index (χ4v) is 2.98. The Bertz CT molecular complexity index is 508. The van der Waals surface area contributed by atoms with Gasteiger partial charge in [-0.1, -0.05) is 23.7 Å². The molecule has 2 aliphatic heterocycles. The van der Waals surface area contributed by atoms with E-state index in [-0.39, 0.29) is 18.1 Å². The Hall–Kier alpha value is -1.14. The number of amides is 1. The minimum absolute atomic E-state index is 0.0498. The van der Waals surface area contributed by atoms with Crippen molar-refractivity contribution in [3.05, 3.63) is 34.9 Å². The molecule has 3 rings (SSSR count). The average Bonchev–Trinajstić information content (AvgIpc) is 2.94. The Morgan fingerprint density at radius 1 is 1.38 bits per heavy atom. The molecule has 0 saturated carbocycles. The molecule has 0 aromatic heterocycles. The molecule has 6 heteroatoms. The van der Waals surface area contributed by atoms with E-state index in [9.17, 15) is 9.90 Å². The molecule has 0 spiro atoms. The number of rotatable bonds is 2. The first-order valence-corrected chi connectivity index (χ1v) is 7.58. The van der Waals surface area contributed by atoms with Crippen molar-refractivity contribution < 1.29 is 14.6 Å². The molecule has 1 aromatic carbocycles. The third-order valence-electron chi connectivity index (χ3n) is 4.03. The fourth-order valence-electron chi connectivity index (χ4n) is 2.85. The molecule has 2 N–H and O–H groups in total. The van der Waals surface area contributed by atoms with E-state index in [1.165, 1.54) is 0 Å². The van der Waals surface area contributed by atoms with E-state index < -0.39 is 6.10 Å². The number of nitrogens with one attached hydrogen (secondary N) is 1. The molecule has 114 valence electrons. The first kappa shape index (κ1) is 14.8. The first-order chi connectivity index (χ1) is 10.1. The van der Waals surface area contributed by atoms with E-state index in [0.717, 1.165) is 5.56 Å². The molecular formula is C15H19ClN2O3. The Kier molecular flexibility index (Phi) is 4.45. The van der Waals surface area contributed by atoms with E-state index in [4.69, 9.17) is 16.3 Å². The lowest BCUT2D eigenvalue weighted by molar-refractivity contribution is -0.141. The monoisotopic (exact) mass is 310 g/mol. The van der Waals surface area contributed by atoms with Crippen LogP contribution in [0.25, 0.3) is 0 Å². The van der Waals surface area contributed by atoms with Crippen LogP contribution in [-0.4, -0.2) is 54.3 Å². The third kappa shape index (κ3) is 3.37. The summed E-state index contributed by atoms with van der Waals surface area (Å²) in [6.45, 7) is 2.14. The van der Waals surface area contributed by atoms with Crippen molar-refractivity contribution in [3.63, 3.8) is 0 Å². The van der Waals surface area contributed by atoms with E-state index in [2.05, 4.69) is 5.32 Å². The molecule has 1 aromatic rings. The minimum atomic E-state index is -0.424. The van der Waals surface area contributed by atoms with Crippen LogP contribution < -0.4 is 5.32 Å². The molecule has 2 heterocycles. The number of morpholine rings is 1. The number of carbonyl (C=O) groups excluding carboxylic acids is 1. The number of benzene rings is 1. The van der Waals surface area contributed by atoms with Crippen LogP contribution in [0.2, 0.25) is 5.02 Å². The van der Waals surface area contributed by atoms with Crippen molar-refractivity contribution in [2.24, 2.45) is 0 Å². The first-order valence-electron chi connectivity index (χ1n) is 7.21. The highest BCUT2D eigenvalue weighted by Gasteiger charge is 2.34. The molecule has 5 nitrogen and oxygen atoms in total. The molecule has 1 amide bonds. The fraction of sp³-hybridized carbons (Fsp3) is 0.533. The summed E-state index contributed by atoms with van der Waals surface area (Å²) in [5.41, 5.74) is 1.02. The number of carbonyl (C=O) groups is 1. The maximum Gasteiger partial charge on any atom is 0.239 e. The van der Waals surface area contributed by atoms with Gasteiger partial charge < -0.3 is 20.1 Å². The van der Waals surface area contributed by atoms with Crippen LogP contribution in [0.4, 0.5) is 0 Å². The van der Waals surface area contributed by atoms with Gasteiger partial charge in [-0.25, -0.2) is 0 Å². The number of ether oxygens (including phenoxy) is 1. The minimum Gasteiger partial charge on any atom is -0.392 e. The normalized spacial score (nSPS) is 29.6. The van der Waals surface area contributed by atoms with E-state index >= 15 is 0 Å². The Morgan fingerprint density at radius 3 is 2.81 bits per heavy atom. The van der Waals surface area contributed by atoms with E-state index in [1.54, 1.807) is 0 Å². The Labute approximate surface area is 128 Å². The largest absolute Gasteiger partial charge is 0.392 e. The molecule has 2 aliphatic rings. The van der Waals surface area contributed by atoms with Gasteiger partial charge in [-0.3, -0.25) is 4.79 Å². The van der Waals surface area contributed by atoms with Gasteiger partial charge in [-0.15, -0.1) is 0 Å². The van der Waals surface area contributed by atoms with Gasteiger partial charge in [0.05, 0.1) is 25.3 Å². The molecule has 0 aliphatic carbocycles. The summed E-state index contributed by atoms with van der Waals surface area (Å²) < 4.78 is 5.76. The number of hydrogen-bond donors (Lipinski definition) is 2. The quantitative estimate of drug-likeness (QED) is 0.854. The highest BCUT2D eigenvalue weighted by molar-refractivity contribution is 6.30. The predicted octanol–water partition coefficient (Wildman–Crippen LogP) is 0.963. The van der Waals surface area contributed by atoms with Crippen molar-refractivity contribution in [1.82, 2.24) is 10.2 Å². The lowest BCUT2D eigenvalue weighted by atomic mass is 10.1. The lowest BCUT2D eigenvalue weighted by Crippen LogP contribution is -2.49. The maximum atomic E-state index is 12.5. The summed E-state index contributed by atoms with van der Waals surface area (Å²) in [6.07, 6.45) is -0.0553. The van der Waals surface area contributed by atoms with Crippen LogP contribution in [0.3, 0.4) is 0 Å². The molecule has 2 fully saturated rings. The zero-order valence-electron chi connectivity index (χ0n) is 11.7. The van der Waals surface area contributed by atoms with Gasteiger partial charge in [0.15, 0.2) is 0 Å². The zero-order valence-corrected chi connectivity index (χ0v) is 12.4. The van der Waals surface area contributed by atoms with Crippen molar-refractivity contribution in [2.45, 2.75) is 24.7 Å². The van der Waals surface area contributed by atoms with Gasteiger partial charge in [0.2, 0.25) is 5.91 Å². The molecule has 0 bridgehead atoms. The van der Waals surface area contributed by atoms with Gasteiger partial charge in [0, 0.05) is 18.1 Å². The standard InChI is InChI=1S/C15H19ClN2O3/c16-11-3-1-10(2-4-11)14-9-18(5-6-21-14)15(20)13-7-12(19)8-17-13/h1-4,12-14,17,19H,5-9H2/t12-,13+,14-/m1/s1. The lowest BCUT2D eigenvalue weighted by Gasteiger charge is -2.34. The zero-order chi connectivity index (χ0) is 14.8. The Morgan fingerprint density at radius 2 is 2.14 bits per heavy atom. The topological polar surface area (TPSA) is 61.8 Å². The van der Waals surface area contributed by atoms with Crippen LogP contribution >= 0.6 is 11.6 Å². The number of aliphatic hydroxyl groups excluding tert-OH is 1. The second-order valence-electron chi connectivity index (χ2n) is 5.55. The summed E-state index contributed by atoms with van der Waals surface area (Å²) in [7, 11) is 0. The third-order valence-corrected chi connectivity index (χ3v) is 4.28. The van der Waals surface area contributed by atoms with Crippen molar-refractivity contribution in [3.8, 4) is 0 Å². The number of halogens is 1. The van der Waals surface area contributed by atoms with Gasteiger partial charge in [-0.05, 0) is 24.1 Å². The van der Waals surface area contributed by atoms with Crippen molar-refractivity contribution in [2.75, 3.05) is 26.2 Å². The van der Waals surface area contributed by atoms with Crippen LogP contribution in [0.15, 0.2) is 24.3 Å². The van der Waals surface area contributed by atoms with Crippen LogP contribution in [0.5, 0.6) is 0 Å². The maximum absolute atomic E-state index is 12.5. The van der Waals surface area contributed by atoms with Crippen molar-refractivity contribution in [1.29, 1.82) is 0 Å². The molecular weight excluding hydrogens is 292 g/mol. The molecule has 21 heavy (non-hydrogen) atoms. The summed E-state index contributed by atoms with van der Waals surface area (Å²) in [5.74, 6) is 0.0498. The average molecular weight is 311 g/mol. The molecule has 0 unspecified atom stereocenters. The van der Waals surface area contributed by atoms with Gasteiger partial charge >= 0.3 is 0 Å².